The van der Waals surface area contributed by atoms with Crippen molar-refractivity contribution < 1.29 is 9.90 Å². The zero-order chi connectivity index (χ0) is 12.3. The maximum atomic E-state index is 10.4. The Bertz CT molecular complexity index is 534. The third-order valence-corrected chi connectivity index (χ3v) is 2.69. The SMILES string of the molecule is NCCc1c[nH]c2ccc(CNC(=O)O)cc12. The van der Waals surface area contributed by atoms with Gasteiger partial charge in [-0.15, -0.1) is 0 Å². The number of carboxylic acid groups (broad SMARTS) is 1. The maximum absolute atomic E-state index is 10.4. The molecular formula is C12H15N3O2. The van der Waals surface area contributed by atoms with E-state index in [1.807, 2.05) is 24.4 Å². The Kier molecular flexibility index (Phi) is 3.30. The van der Waals surface area contributed by atoms with E-state index in [4.69, 9.17) is 10.8 Å². The van der Waals surface area contributed by atoms with Crippen LogP contribution in [-0.2, 0) is 13.0 Å². The molecule has 2 rings (SSSR count). The van der Waals surface area contributed by atoms with Crippen LogP contribution in [0.4, 0.5) is 4.79 Å². The first-order chi connectivity index (χ1) is 8.20. The Balaban J connectivity index is 2.27. The van der Waals surface area contributed by atoms with Crippen LogP contribution < -0.4 is 11.1 Å². The van der Waals surface area contributed by atoms with Gasteiger partial charge in [0, 0.05) is 23.6 Å². The highest BCUT2D eigenvalue weighted by atomic mass is 16.4. The predicted octanol–water partition coefficient (Wildman–Crippen LogP) is 1.44. The zero-order valence-electron chi connectivity index (χ0n) is 9.36. The second kappa shape index (κ2) is 4.88. The lowest BCUT2D eigenvalue weighted by molar-refractivity contribution is 0.194. The van der Waals surface area contributed by atoms with Gasteiger partial charge in [-0.05, 0) is 36.2 Å². The molecule has 1 aromatic carbocycles. The standard InChI is InChI=1S/C12H15N3O2/c13-4-3-9-7-14-11-2-1-8(5-10(9)11)6-15-12(16)17/h1-2,5,7,14-15H,3-4,6,13H2,(H,16,17). The third-order valence-electron chi connectivity index (χ3n) is 2.69. The summed E-state index contributed by atoms with van der Waals surface area (Å²) in [5.74, 6) is 0. The van der Waals surface area contributed by atoms with Gasteiger partial charge in [0.05, 0.1) is 0 Å². The van der Waals surface area contributed by atoms with E-state index in [-0.39, 0.29) is 0 Å². The molecule has 0 atom stereocenters. The van der Waals surface area contributed by atoms with Crippen molar-refractivity contribution in [3.63, 3.8) is 0 Å². The number of nitrogens with one attached hydrogen (secondary N) is 2. The van der Waals surface area contributed by atoms with Crippen molar-refractivity contribution in [2.45, 2.75) is 13.0 Å². The number of benzene rings is 1. The third kappa shape index (κ3) is 2.57. The average molecular weight is 233 g/mol. The first-order valence-electron chi connectivity index (χ1n) is 5.46. The highest BCUT2D eigenvalue weighted by Gasteiger charge is 2.04. The van der Waals surface area contributed by atoms with Gasteiger partial charge < -0.3 is 21.1 Å². The highest BCUT2D eigenvalue weighted by molar-refractivity contribution is 5.84. The molecule has 17 heavy (non-hydrogen) atoms. The molecule has 0 bridgehead atoms. The molecule has 0 aliphatic heterocycles. The minimum absolute atomic E-state index is 0.318. The molecule has 5 N–H and O–H groups in total. The number of rotatable bonds is 4. The van der Waals surface area contributed by atoms with Gasteiger partial charge in [0.1, 0.15) is 0 Å². The normalized spacial score (nSPS) is 10.6. The number of carbonyl (C=O) groups is 1. The lowest BCUT2D eigenvalue weighted by atomic mass is 10.1. The van der Waals surface area contributed by atoms with Crippen LogP contribution in [0.25, 0.3) is 10.9 Å². The molecule has 2 aromatic rings. The summed E-state index contributed by atoms with van der Waals surface area (Å²) in [6.07, 6.45) is 1.75. The van der Waals surface area contributed by atoms with Crippen LogP contribution in [-0.4, -0.2) is 22.7 Å². The molecule has 1 amide bonds. The van der Waals surface area contributed by atoms with Gasteiger partial charge in [-0.2, -0.15) is 0 Å². The molecule has 0 fully saturated rings. The number of fused-ring (bicyclic) bond motifs is 1. The molecular weight excluding hydrogens is 218 g/mol. The number of hydrogen-bond acceptors (Lipinski definition) is 2. The van der Waals surface area contributed by atoms with Crippen LogP contribution in [0.2, 0.25) is 0 Å². The van der Waals surface area contributed by atoms with Crippen LogP contribution in [0.3, 0.4) is 0 Å². The van der Waals surface area contributed by atoms with Gasteiger partial charge in [0.25, 0.3) is 0 Å². The predicted molar refractivity (Wildman–Crippen MR) is 65.9 cm³/mol. The van der Waals surface area contributed by atoms with E-state index < -0.39 is 6.09 Å². The topological polar surface area (TPSA) is 91.1 Å². The molecule has 0 spiro atoms. The Hall–Kier alpha value is -2.01. The van der Waals surface area contributed by atoms with Crippen LogP contribution in [0, 0.1) is 0 Å². The number of nitrogens with two attached hydrogens (primary N) is 1. The molecule has 0 unspecified atom stereocenters. The van der Waals surface area contributed by atoms with Gasteiger partial charge >= 0.3 is 6.09 Å². The van der Waals surface area contributed by atoms with E-state index in [2.05, 4.69) is 10.3 Å². The first-order valence-corrected chi connectivity index (χ1v) is 5.46. The van der Waals surface area contributed by atoms with Crippen molar-refractivity contribution in [1.82, 2.24) is 10.3 Å². The van der Waals surface area contributed by atoms with Crippen molar-refractivity contribution in [2.24, 2.45) is 5.73 Å². The molecule has 1 heterocycles. The van der Waals surface area contributed by atoms with Crippen molar-refractivity contribution in [3.8, 4) is 0 Å². The first kappa shape index (κ1) is 11.5. The summed E-state index contributed by atoms with van der Waals surface area (Å²) in [4.78, 5) is 13.6. The maximum Gasteiger partial charge on any atom is 0.404 e. The van der Waals surface area contributed by atoms with Gasteiger partial charge in [-0.1, -0.05) is 6.07 Å². The van der Waals surface area contributed by atoms with Crippen LogP contribution in [0.5, 0.6) is 0 Å². The second-order valence-corrected chi connectivity index (χ2v) is 3.89. The fourth-order valence-corrected chi connectivity index (χ4v) is 1.88. The number of aromatic amines is 1. The van der Waals surface area contributed by atoms with E-state index >= 15 is 0 Å². The van der Waals surface area contributed by atoms with E-state index in [0.717, 1.165) is 22.9 Å². The summed E-state index contributed by atoms with van der Waals surface area (Å²) < 4.78 is 0. The smallest absolute Gasteiger partial charge is 0.404 e. The van der Waals surface area contributed by atoms with Crippen LogP contribution >= 0.6 is 0 Å². The summed E-state index contributed by atoms with van der Waals surface area (Å²) >= 11 is 0. The van der Waals surface area contributed by atoms with Gasteiger partial charge in [-0.25, -0.2) is 4.79 Å². The molecule has 0 saturated carbocycles. The van der Waals surface area contributed by atoms with Crippen LogP contribution in [0.1, 0.15) is 11.1 Å². The Morgan fingerprint density at radius 2 is 2.29 bits per heavy atom. The van der Waals surface area contributed by atoms with Crippen molar-refractivity contribution >= 4 is 17.0 Å². The fraction of sp³-hybridized carbons (Fsp3) is 0.250. The molecule has 0 saturated heterocycles. The molecule has 5 heteroatoms. The molecule has 0 aliphatic carbocycles. The van der Waals surface area contributed by atoms with Crippen LogP contribution in [0.15, 0.2) is 24.4 Å². The molecule has 5 nitrogen and oxygen atoms in total. The molecule has 90 valence electrons. The number of hydrogen-bond donors (Lipinski definition) is 4. The van der Waals surface area contributed by atoms with Gasteiger partial charge in [0.15, 0.2) is 0 Å². The Labute approximate surface area is 98.6 Å². The van der Waals surface area contributed by atoms with E-state index in [9.17, 15) is 4.79 Å². The monoisotopic (exact) mass is 233 g/mol. The Morgan fingerprint density at radius 1 is 1.47 bits per heavy atom. The lowest BCUT2D eigenvalue weighted by Gasteiger charge is -2.03. The minimum Gasteiger partial charge on any atom is -0.465 e. The van der Waals surface area contributed by atoms with Gasteiger partial charge in [-0.3, -0.25) is 0 Å². The molecule has 0 aliphatic rings. The second-order valence-electron chi connectivity index (χ2n) is 3.89. The number of amides is 1. The van der Waals surface area contributed by atoms with Crippen molar-refractivity contribution in [2.75, 3.05) is 6.54 Å². The highest BCUT2D eigenvalue weighted by Crippen LogP contribution is 2.20. The van der Waals surface area contributed by atoms with Gasteiger partial charge in [0.2, 0.25) is 0 Å². The van der Waals surface area contributed by atoms with E-state index in [1.54, 1.807) is 0 Å². The van der Waals surface area contributed by atoms with Crippen molar-refractivity contribution in [3.05, 3.63) is 35.5 Å². The quantitative estimate of drug-likeness (QED) is 0.644. The zero-order valence-corrected chi connectivity index (χ0v) is 9.36. The summed E-state index contributed by atoms with van der Waals surface area (Å²) in [7, 11) is 0. The molecule has 1 aromatic heterocycles. The average Bonchev–Trinajstić information content (AvgIpc) is 2.70. The van der Waals surface area contributed by atoms with E-state index in [1.165, 1.54) is 5.56 Å². The van der Waals surface area contributed by atoms with E-state index in [0.29, 0.717) is 13.1 Å². The Morgan fingerprint density at radius 3 is 3.00 bits per heavy atom. The fourth-order valence-electron chi connectivity index (χ4n) is 1.88. The largest absolute Gasteiger partial charge is 0.465 e. The summed E-state index contributed by atoms with van der Waals surface area (Å²) in [5.41, 5.74) is 8.70. The lowest BCUT2D eigenvalue weighted by Crippen LogP contribution is -2.19. The number of aromatic nitrogens is 1. The van der Waals surface area contributed by atoms with Crippen molar-refractivity contribution in [1.29, 1.82) is 0 Å². The molecule has 0 radical (unpaired) electrons. The summed E-state index contributed by atoms with van der Waals surface area (Å²) in [6, 6.07) is 5.85. The summed E-state index contributed by atoms with van der Waals surface area (Å²) in [6.45, 7) is 0.920. The minimum atomic E-state index is -1.01. The summed E-state index contributed by atoms with van der Waals surface area (Å²) in [5, 5.41) is 12.0. The number of H-pyrrole nitrogens is 1.